The van der Waals surface area contributed by atoms with Gasteiger partial charge in [-0.2, -0.15) is 0 Å². The van der Waals surface area contributed by atoms with Crippen molar-refractivity contribution in [2.45, 2.75) is 4.90 Å². The van der Waals surface area contributed by atoms with E-state index < -0.39 is 9.84 Å². The molecule has 6 heteroatoms. The number of sulfone groups is 1. The van der Waals surface area contributed by atoms with Crippen LogP contribution in [0.4, 0.5) is 0 Å². The van der Waals surface area contributed by atoms with Crippen LogP contribution in [0.1, 0.15) is 5.56 Å². The van der Waals surface area contributed by atoms with E-state index in [0.717, 1.165) is 5.41 Å². The number of halogens is 1. The van der Waals surface area contributed by atoms with Crippen LogP contribution in [0, 0.1) is 0 Å². The summed E-state index contributed by atoms with van der Waals surface area (Å²) in [7, 11) is -0.477. The van der Waals surface area contributed by atoms with Crippen LogP contribution in [-0.4, -0.2) is 22.6 Å². The van der Waals surface area contributed by atoms with E-state index in [4.69, 9.17) is 21.1 Å². The predicted octanol–water partition coefficient (Wildman–Crippen LogP) is 3.80. The molecule has 0 spiro atoms. The van der Waals surface area contributed by atoms with Crippen molar-refractivity contribution in [3.8, 4) is 11.5 Å². The number of hydrogen-bond acceptors (Lipinski definition) is 4. The van der Waals surface area contributed by atoms with Crippen molar-refractivity contribution in [3.63, 3.8) is 0 Å². The van der Waals surface area contributed by atoms with Crippen LogP contribution in [0.2, 0.25) is 5.02 Å². The Morgan fingerprint density at radius 2 is 1.68 bits per heavy atom. The van der Waals surface area contributed by atoms with Crippen LogP contribution < -0.4 is 9.47 Å². The number of ether oxygens (including phenoxy) is 2. The normalized spacial score (nSPS) is 11.6. The largest absolute Gasteiger partial charge is 0.497 e. The SMILES string of the molecule is COc1ccc(/C=C/S(=O)(=O)c2ccc(Cl)cc2)c(OC)c1. The Morgan fingerprint density at radius 1 is 1.00 bits per heavy atom. The molecule has 0 bridgehead atoms. The van der Waals surface area contributed by atoms with Crippen molar-refractivity contribution in [2.24, 2.45) is 0 Å². The highest BCUT2D eigenvalue weighted by molar-refractivity contribution is 7.94. The number of rotatable bonds is 5. The first kappa shape index (κ1) is 16.4. The first-order chi connectivity index (χ1) is 10.5. The zero-order valence-electron chi connectivity index (χ0n) is 12.1. The lowest BCUT2D eigenvalue weighted by molar-refractivity contribution is 0.394. The fourth-order valence-electron chi connectivity index (χ4n) is 1.82. The van der Waals surface area contributed by atoms with Gasteiger partial charge < -0.3 is 9.47 Å². The minimum Gasteiger partial charge on any atom is -0.497 e. The first-order valence-corrected chi connectivity index (χ1v) is 8.29. The second-order valence-corrected chi connectivity index (χ2v) is 6.68. The topological polar surface area (TPSA) is 52.6 Å². The fourth-order valence-corrected chi connectivity index (χ4v) is 2.95. The molecule has 4 nitrogen and oxygen atoms in total. The summed E-state index contributed by atoms with van der Waals surface area (Å²) in [6.07, 6.45) is 1.49. The fraction of sp³-hybridized carbons (Fsp3) is 0.125. The molecule has 2 aromatic carbocycles. The Morgan fingerprint density at radius 3 is 2.27 bits per heavy atom. The van der Waals surface area contributed by atoms with E-state index in [0.29, 0.717) is 22.1 Å². The molecule has 0 amide bonds. The van der Waals surface area contributed by atoms with Gasteiger partial charge in [0, 0.05) is 22.1 Å². The van der Waals surface area contributed by atoms with Crippen LogP contribution >= 0.6 is 11.6 Å². The maximum atomic E-state index is 12.2. The van der Waals surface area contributed by atoms with Crippen molar-refractivity contribution in [2.75, 3.05) is 14.2 Å². The average molecular weight is 339 g/mol. The quantitative estimate of drug-likeness (QED) is 0.832. The van der Waals surface area contributed by atoms with E-state index in [1.165, 1.54) is 37.5 Å². The average Bonchev–Trinajstić information content (AvgIpc) is 2.53. The van der Waals surface area contributed by atoms with Crippen molar-refractivity contribution >= 4 is 27.5 Å². The highest BCUT2D eigenvalue weighted by Gasteiger charge is 2.11. The molecule has 0 saturated carbocycles. The number of hydrogen-bond donors (Lipinski definition) is 0. The lowest BCUT2D eigenvalue weighted by Crippen LogP contribution is -1.96. The smallest absolute Gasteiger partial charge is 0.199 e. The second-order valence-electron chi connectivity index (χ2n) is 4.41. The maximum absolute atomic E-state index is 12.2. The molecule has 0 unspecified atom stereocenters. The van der Waals surface area contributed by atoms with Gasteiger partial charge in [0.05, 0.1) is 19.1 Å². The third-order valence-electron chi connectivity index (χ3n) is 3.01. The van der Waals surface area contributed by atoms with Crippen molar-refractivity contribution in [1.29, 1.82) is 0 Å². The van der Waals surface area contributed by atoms with E-state index >= 15 is 0 Å². The standard InChI is InChI=1S/C16H15ClO4S/c1-20-14-6-3-12(16(11-14)21-2)9-10-22(18,19)15-7-4-13(17)5-8-15/h3-11H,1-2H3/b10-9+. The minimum absolute atomic E-state index is 0.181. The van der Waals surface area contributed by atoms with Crippen LogP contribution in [-0.2, 0) is 9.84 Å². The van der Waals surface area contributed by atoms with Crippen LogP contribution in [0.5, 0.6) is 11.5 Å². The highest BCUT2D eigenvalue weighted by Crippen LogP contribution is 2.26. The monoisotopic (exact) mass is 338 g/mol. The van der Waals surface area contributed by atoms with Crippen LogP contribution in [0.3, 0.4) is 0 Å². The van der Waals surface area contributed by atoms with Gasteiger partial charge in [0.1, 0.15) is 11.5 Å². The van der Waals surface area contributed by atoms with Crippen molar-refractivity contribution in [1.82, 2.24) is 0 Å². The Bertz CT molecular complexity index is 780. The van der Waals surface area contributed by atoms with Crippen molar-refractivity contribution < 1.29 is 17.9 Å². The molecule has 0 N–H and O–H groups in total. The molecular formula is C16H15ClO4S. The molecule has 116 valence electrons. The summed E-state index contributed by atoms with van der Waals surface area (Å²) < 4.78 is 34.8. The Balaban J connectivity index is 2.33. The Hall–Kier alpha value is -1.98. The summed E-state index contributed by atoms with van der Waals surface area (Å²) in [6.45, 7) is 0. The van der Waals surface area contributed by atoms with Gasteiger partial charge in [0.25, 0.3) is 0 Å². The molecule has 0 saturated heterocycles. The van der Waals surface area contributed by atoms with Crippen LogP contribution in [0.15, 0.2) is 52.8 Å². The lowest BCUT2D eigenvalue weighted by Gasteiger charge is -2.07. The van der Waals surface area contributed by atoms with Gasteiger partial charge in [-0.3, -0.25) is 0 Å². The van der Waals surface area contributed by atoms with E-state index in [2.05, 4.69) is 0 Å². The summed E-state index contributed by atoms with van der Waals surface area (Å²) in [4.78, 5) is 0.181. The molecule has 0 aliphatic carbocycles. The van der Waals surface area contributed by atoms with E-state index in [1.807, 2.05) is 0 Å². The Kier molecular flexibility index (Phi) is 5.11. The van der Waals surface area contributed by atoms with Gasteiger partial charge in [-0.05, 0) is 42.5 Å². The molecule has 0 aliphatic heterocycles. The van der Waals surface area contributed by atoms with Gasteiger partial charge in [0.2, 0.25) is 0 Å². The summed E-state index contributed by atoms with van der Waals surface area (Å²) in [5.41, 5.74) is 0.640. The maximum Gasteiger partial charge on any atom is 0.199 e. The summed E-state index contributed by atoms with van der Waals surface area (Å²) in [6, 6.07) is 11.2. The molecule has 0 heterocycles. The van der Waals surface area contributed by atoms with E-state index in [9.17, 15) is 8.42 Å². The molecular weight excluding hydrogens is 324 g/mol. The molecule has 22 heavy (non-hydrogen) atoms. The summed E-state index contributed by atoms with van der Waals surface area (Å²) >= 11 is 5.76. The molecule has 0 aliphatic rings. The number of methoxy groups -OCH3 is 2. The van der Waals surface area contributed by atoms with E-state index in [1.54, 1.807) is 25.3 Å². The minimum atomic E-state index is -3.54. The third kappa shape index (κ3) is 3.81. The molecule has 0 fully saturated rings. The summed E-state index contributed by atoms with van der Waals surface area (Å²) in [5, 5.41) is 1.63. The lowest BCUT2D eigenvalue weighted by atomic mass is 10.2. The van der Waals surface area contributed by atoms with Crippen molar-refractivity contribution in [3.05, 3.63) is 58.5 Å². The van der Waals surface area contributed by atoms with Gasteiger partial charge >= 0.3 is 0 Å². The molecule has 2 rings (SSSR count). The van der Waals surface area contributed by atoms with Gasteiger partial charge in [-0.15, -0.1) is 0 Å². The first-order valence-electron chi connectivity index (χ1n) is 6.37. The molecule has 2 aromatic rings. The number of benzene rings is 2. The Labute approximate surface area is 134 Å². The second kappa shape index (κ2) is 6.85. The van der Waals surface area contributed by atoms with Gasteiger partial charge in [-0.1, -0.05) is 11.6 Å². The van der Waals surface area contributed by atoms with Gasteiger partial charge in [0.15, 0.2) is 9.84 Å². The highest BCUT2D eigenvalue weighted by atomic mass is 35.5. The zero-order chi connectivity index (χ0) is 16.2. The van der Waals surface area contributed by atoms with Gasteiger partial charge in [-0.25, -0.2) is 8.42 Å². The zero-order valence-corrected chi connectivity index (χ0v) is 13.7. The molecule has 0 aromatic heterocycles. The molecule has 0 atom stereocenters. The third-order valence-corrected chi connectivity index (χ3v) is 4.69. The van der Waals surface area contributed by atoms with Crippen LogP contribution in [0.25, 0.3) is 6.08 Å². The summed E-state index contributed by atoms with van der Waals surface area (Å²) in [5.74, 6) is 1.16. The van der Waals surface area contributed by atoms with E-state index in [-0.39, 0.29) is 4.90 Å². The molecule has 0 radical (unpaired) electrons. The predicted molar refractivity (Wildman–Crippen MR) is 87.2 cm³/mol.